The molecule has 0 bridgehead atoms. The van der Waals surface area contributed by atoms with Gasteiger partial charge in [0.15, 0.2) is 0 Å². The minimum atomic E-state index is -0.0555. The number of carbonyl (C=O) groups excluding carboxylic acids is 2. The number of rotatable bonds is 4. The van der Waals surface area contributed by atoms with Crippen LogP contribution >= 0.6 is 11.6 Å². The zero-order chi connectivity index (χ0) is 19.8. The summed E-state index contributed by atoms with van der Waals surface area (Å²) in [6.07, 6.45) is 7.61. The number of hydrogen-bond donors (Lipinski definition) is 1. The average molecular weight is 398 g/mol. The van der Waals surface area contributed by atoms with Gasteiger partial charge in [0.25, 0.3) is 5.91 Å². The molecule has 1 aromatic heterocycles. The van der Waals surface area contributed by atoms with Crippen LogP contribution in [0.4, 0.5) is 5.69 Å². The van der Waals surface area contributed by atoms with Gasteiger partial charge in [0.2, 0.25) is 5.91 Å². The van der Waals surface area contributed by atoms with Crippen LogP contribution < -0.4 is 10.2 Å². The molecule has 0 radical (unpaired) electrons. The van der Waals surface area contributed by atoms with E-state index in [0.29, 0.717) is 17.0 Å². The smallest absolute Gasteiger partial charge is 0.259 e. The van der Waals surface area contributed by atoms with Crippen molar-refractivity contribution in [3.8, 4) is 0 Å². The molecule has 0 spiro atoms. The molecule has 2 amide bonds. The van der Waals surface area contributed by atoms with Gasteiger partial charge in [-0.3, -0.25) is 19.5 Å². The highest BCUT2D eigenvalue weighted by molar-refractivity contribution is 6.31. The van der Waals surface area contributed by atoms with Crippen LogP contribution in [0.2, 0.25) is 5.02 Å². The Morgan fingerprint density at radius 1 is 1.29 bits per heavy atom. The molecule has 5 nitrogen and oxygen atoms in total. The number of carbonyl (C=O) groups is 2. The van der Waals surface area contributed by atoms with Crippen LogP contribution in [0.5, 0.6) is 0 Å². The number of benzene rings is 1. The van der Waals surface area contributed by atoms with Crippen molar-refractivity contribution in [1.29, 1.82) is 0 Å². The molecule has 1 aliphatic heterocycles. The van der Waals surface area contributed by atoms with Crippen LogP contribution in [0.1, 0.15) is 78.7 Å². The first-order valence-corrected chi connectivity index (χ1v) is 10.3. The van der Waals surface area contributed by atoms with E-state index in [2.05, 4.69) is 17.2 Å². The highest BCUT2D eigenvalue weighted by Gasteiger charge is 2.39. The predicted octanol–water partition coefficient (Wildman–Crippen LogP) is 4.75. The zero-order valence-corrected chi connectivity index (χ0v) is 16.9. The van der Waals surface area contributed by atoms with E-state index in [9.17, 15) is 9.59 Å². The Kier molecular flexibility index (Phi) is 5.11. The lowest BCUT2D eigenvalue weighted by atomic mass is 9.87. The van der Waals surface area contributed by atoms with Crippen molar-refractivity contribution in [2.75, 3.05) is 4.90 Å². The number of aromatic nitrogens is 1. The summed E-state index contributed by atoms with van der Waals surface area (Å²) in [6, 6.07) is 5.38. The molecule has 1 aliphatic carbocycles. The molecule has 1 aromatic carbocycles. The fraction of sp³-hybridized carbons (Fsp3) is 0.409. The Balaban J connectivity index is 1.77. The van der Waals surface area contributed by atoms with Crippen molar-refractivity contribution in [2.45, 2.75) is 58.0 Å². The van der Waals surface area contributed by atoms with Crippen LogP contribution in [0.15, 0.2) is 30.6 Å². The molecule has 0 saturated heterocycles. The largest absolute Gasteiger partial charge is 0.349 e. The van der Waals surface area contributed by atoms with E-state index in [-0.39, 0.29) is 23.9 Å². The first-order chi connectivity index (χ1) is 13.5. The maximum atomic E-state index is 13.3. The van der Waals surface area contributed by atoms with Gasteiger partial charge in [0.1, 0.15) is 0 Å². The van der Waals surface area contributed by atoms with Gasteiger partial charge in [-0.05, 0) is 60.6 Å². The number of pyridine rings is 1. The Bertz CT molecular complexity index is 943. The number of anilines is 1. The van der Waals surface area contributed by atoms with E-state index in [0.717, 1.165) is 48.1 Å². The second kappa shape index (κ2) is 7.55. The van der Waals surface area contributed by atoms with Gasteiger partial charge in [0, 0.05) is 23.2 Å². The minimum absolute atomic E-state index is 0.00608. The number of amides is 2. The molecule has 146 valence electrons. The second-order valence-electron chi connectivity index (χ2n) is 7.42. The van der Waals surface area contributed by atoms with Crippen molar-refractivity contribution in [3.63, 3.8) is 0 Å². The highest BCUT2D eigenvalue weighted by Crippen LogP contribution is 2.44. The van der Waals surface area contributed by atoms with Crippen LogP contribution in [-0.4, -0.2) is 16.8 Å². The number of halogens is 1. The van der Waals surface area contributed by atoms with Gasteiger partial charge in [-0.2, -0.15) is 0 Å². The van der Waals surface area contributed by atoms with Gasteiger partial charge in [-0.25, -0.2) is 0 Å². The molecule has 6 heteroatoms. The van der Waals surface area contributed by atoms with Crippen LogP contribution in [0, 0.1) is 0 Å². The van der Waals surface area contributed by atoms with E-state index in [1.165, 1.54) is 0 Å². The van der Waals surface area contributed by atoms with E-state index in [1.807, 2.05) is 30.2 Å². The topological polar surface area (TPSA) is 62.3 Å². The standard InChI is InChI=1S/C22H24ClN3O2/c1-3-19-16-10-13(23)8-9-15(16)22(28)26(19)20-12-24-11-17-14(20)6-5-7-18(17)25-21(27)4-2/h8-12,18-19H,3-7H2,1-2H3,(H,25,27)/t18-,19-/m1/s1. The number of nitrogens with one attached hydrogen (secondary N) is 1. The number of nitrogens with zero attached hydrogens (tertiary/aromatic N) is 2. The summed E-state index contributed by atoms with van der Waals surface area (Å²) >= 11 is 6.20. The third-order valence-electron chi connectivity index (χ3n) is 5.80. The van der Waals surface area contributed by atoms with E-state index in [4.69, 9.17) is 11.6 Å². The summed E-state index contributed by atoms with van der Waals surface area (Å²) < 4.78 is 0. The quantitative estimate of drug-likeness (QED) is 0.809. The molecular weight excluding hydrogens is 374 g/mol. The van der Waals surface area contributed by atoms with E-state index < -0.39 is 0 Å². The van der Waals surface area contributed by atoms with Crippen molar-refractivity contribution < 1.29 is 9.59 Å². The van der Waals surface area contributed by atoms with Crippen molar-refractivity contribution in [1.82, 2.24) is 10.3 Å². The molecule has 2 aliphatic rings. The Morgan fingerprint density at radius 3 is 2.86 bits per heavy atom. The molecule has 2 heterocycles. The molecule has 2 aromatic rings. The lowest BCUT2D eigenvalue weighted by Crippen LogP contribution is -2.33. The lowest BCUT2D eigenvalue weighted by molar-refractivity contribution is -0.121. The fourth-order valence-corrected chi connectivity index (χ4v) is 4.63. The van der Waals surface area contributed by atoms with Gasteiger partial charge < -0.3 is 5.32 Å². The van der Waals surface area contributed by atoms with Crippen LogP contribution in [0.25, 0.3) is 0 Å². The third-order valence-corrected chi connectivity index (χ3v) is 6.03. The number of fused-ring (bicyclic) bond motifs is 2. The Morgan fingerprint density at radius 2 is 2.11 bits per heavy atom. The van der Waals surface area contributed by atoms with Crippen molar-refractivity contribution >= 4 is 29.1 Å². The maximum Gasteiger partial charge on any atom is 0.259 e. The molecule has 28 heavy (non-hydrogen) atoms. The van der Waals surface area contributed by atoms with Crippen LogP contribution in [-0.2, 0) is 11.2 Å². The molecule has 1 N–H and O–H groups in total. The SMILES string of the molecule is CCC(=O)N[C@@H]1CCCc2c1cncc2N1C(=O)c2ccc(Cl)cc2[C@H]1CC. The normalized spacial score (nSPS) is 20.7. The molecule has 0 saturated carbocycles. The molecule has 0 unspecified atom stereocenters. The van der Waals surface area contributed by atoms with Crippen molar-refractivity contribution in [2.24, 2.45) is 0 Å². The molecule has 4 rings (SSSR count). The third kappa shape index (κ3) is 3.08. The average Bonchev–Trinajstić information content (AvgIpc) is 2.98. The summed E-state index contributed by atoms with van der Waals surface area (Å²) in [5, 5.41) is 3.74. The lowest BCUT2D eigenvalue weighted by Gasteiger charge is -2.32. The molecule has 0 fully saturated rings. The monoisotopic (exact) mass is 397 g/mol. The first kappa shape index (κ1) is 18.9. The second-order valence-corrected chi connectivity index (χ2v) is 7.86. The maximum absolute atomic E-state index is 13.3. The number of hydrogen-bond acceptors (Lipinski definition) is 3. The summed E-state index contributed by atoms with van der Waals surface area (Å²) in [5.41, 5.74) is 4.69. The Labute approximate surface area is 170 Å². The minimum Gasteiger partial charge on any atom is -0.349 e. The Hall–Kier alpha value is -2.40. The van der Waals surface area contributed by atoms with Gasteiger partial charge in [0.05, 0.1) is 24.0 Å². The van der Waals surface area contributed by atoms with Crippen molar-refractivity contribution in [3.05, 3.63) is 57.9 Å². The molecular formula is C22H24ClN3O2. The predicted molar refractivity (Wildman–Crippen MR) is 110 cm³/mol. The van der Waals surface area contributed by atoms with Gasteiger partial charge in [-0.15, -0.1) is 0 Å². The highest BCUT2D eigenvalue weighted by atomic mass is 35.5. The van der Waals surface area contributed by atoms with Gasteiger partial charge in [-0.1, -0.05) is 25.4 Å². The van der Waals surface area contributed by atoms with E-state index in [1.54, 1.807) is 12.3 Å². The van der Waals surface area contributed by atoms with Crippen LogP contribution in [0.3, 0.4) is 0 Å². The zero-order valence-electron chi connectivity index (χ0n) is 16.2. The first-order valence-electron chi connectivity index (χ1n) is 9.94. The summed E-state index contributed by atoms with van der Waals surface area (Å²) in [4.78, 5) is 31.5. The summed E-state index contributed by atoms with van der Waals surface area (Å²) in [7, 11) is 0. The van der Waals surface area contributed by atoms with E-state index >= 15 is 0 Å². The molecule has 2 atom stereocenters. The summed E-state index contributed by atoms with van der Waals surface area (Å²) in [5.74, 6) is 0.0300. The summed E-state index contributed by atoms with van der Waals surface area (Å²) in [6.45, 7) is 3.93. The fourth-order valence-electron chi connectivity index (χ4n) is 4.45. The van der Waals surface area contributed by atoms with Gasteiger partial charge >= 0.3 is 0 Å².